The SMILES string of the molecule is COc1cncc(N2CC3CCC(C2)N3)c1. The van der Waals surface area contributed by atoms with Crippen molar-refractivity contribution >= 4 is 5.69 Å². The van der Waals surface area contributed by atoms with Gasteiger partial charge in [-0.1, -0.05) is 0 Å². The maximum Gasteiger partial charge on any atom is 0.139 e. The van der Waals surface area contributed by atoms with Crippen molar-refractivity contribution in [1.29, 1.82) is 0 Å². The topological polar surface area (TPSA) is 37.4 Å². The van der Waals surface area contributed by atoms with Crippen LogP contribution in [0.5, 0.6) is 5.75 Å². The van der Waals surface area contributed by atoms with Gasteiger partial charge in [-0.25, -0.2) is 0 Å². The lowest BCUT2D eigenvalue weighted by molar-refractivity contribution is 0.412. The Morgan fingerprint density at radius 3 is 2.75 bits per heavy atom. The van der Waals surface area contributed by atoms with E-state index >= 15 is 0 Å². The number of nitrogens with one attached hydrogen (secondary N) is 1. The third-order valence-corrected chi connectivity index (χ3v) is 3.52. The number of hydrogen-bond donors (Lipinski definition) is 1. The van der Waals surface area contributed by atoms with Gasteiger partial charge in [-0.2, -0.15) is 0 Å². The van der Waals surface area contributed by atoms with Gasteiger partial charge in [-0.05, 0) is 12.8 Å². The molecule has 3 heterocycles. The zero-order valence-electron chi connectivity index (χ0n) is 9.52. The molecule has 2 bridgehead atoms. The number of anilines is 1. The van der Waals surface area contributed by atoms with E-state index in [-0.39, 0.29) is 0 Å². The molecule has 1 aromatic heterocycles. The molecule has 2 fully saturated rings. The van der Waals surface area contributed by atoms with Gasteiger partial charge < -0.3 is 15.0 Å². The van der Waals surface area contributed by atoms with Crippen molar-refractivity contribution in [3.05, 3.63) is 18.5 Å². The van der Waals surface area contributed by atoms with Crippen LogP contribution in [-0.4, -0.2) is 37.3 Å². The van der Waals surface area contributed by atoms with Crippen LogP contribution in [0, 0.1) is 0 Å². The fraction of sp³-hybridized carbons (Fsp3) is 0.583. The first-order chi connectivity index (χ1) is 7.85. The average molecular weight is 219 g/mol. The monoisotopic (exact) mass is 219 g/mol. The first-order valence-corrected chi connectivity index (χ1v) is 5.85. The number of nitrogens with zero attached hydrogens (tertiary/aromatic N) is 2. The van der Waals surface area contributed by atoms with Crippen molar-refractivity contribution < 1.29 is 4.74 Å². The summed E-state index contributed by atoms with van der Waals surface area (Å²) in [5.41, 5.74) is 1.18. The summed E-state index contributed by atoms with van der Waals surface area (Å²) < 4.78 is 5.21. The molecule has 4 nitrogen and oxygen atoms in total. The molecule has 1 aromatic rings. The first kappa shape index (κ1) is 9.90. The Bertz CT molecular complexity index is 370. The molecular weight excluding hydrogens is 202 g/mol. The quantitative estimate of drug-likeness (QED) is 0.806. The van der Waals surface area contributed by atoms with Gasteiger partial charge in [-0.15, -0.1) is 0 Å². The predicted molar refractivity (Wildman–Crippen MR) is 62.9 cm³/mol. The summed E-state index contributed by atoms with van der Waals surface area (Å²) in [6.45, 7) is 2.18. The van der Waals surface area contributed by atoms with Crippen LogP contribution in [0.4, 0.5) is 5.69 Å². The minimum absolute atomic E-state index is 0.657. The fourth-order valence-corrected chi connectivity index (χ4v) is 2.70. The number of aromatic nitrogens is 1. The summed E-state index contributed by atoms with van der Waals surface area (Å²) >= 11 is 0. The molecule has 0 aromatic carbocycles. The zero-order valence-corrected chi connectivity index (χ0v) is 9.52. The third-order valence-electron chi connectivity index (χ3n) is 3.52. The molecule has 3 rings (SSSR count). The van der Waals surface area contributed by atoms with Gasteiger partial charge in [0.25, 0.3) is 0 Å². The second-order valence-electron chi connectivity index (χ2n) is 4.63. The molecule has 16 heavy (non-hydrogen) atoms. The molecule has 2 saturated heterocycles. The number of piperazine rings is 1. The number of fused-ring (bicyclic) bond motifs is 2. The predicted octanol–water partition coefficient (Wildman–Crippen LogP) is 1.03. The van der Waals surface area contributed by atoms with E-state index in [9.17, 15) is 0 Å². The molecule has 0 saturated carbocycles. The van der Waals surface area contributed by atoms with Crippen LogP contribution >= 0.6 is 0 Å². The maximum absolute atomic E-state index is 5.21. The molecule has 0 spiro atoms. The van der Waals surface area contributed by atoms with Crippen molar-refractivity contribution in [3.8, 4) is 5.75 Å². The van der Waals surface area contributed by atoms with Gasteiger partial charge in [0, 0.05) is 31.2 Å². The van der Waals surface area contributed by atoms with Gasteiger partial charge in [0.2, 0.25) is 0 Å². The molecule has 2 aliphatic rings. The summed E-state index contributed by atoms with van der Waals surface area (Å²) in [4.78, 5) is 6.63. The first-order valence-electron chi connectivity index (χ1n) is 5.85. The number of ether oxygens (including phenoxy) is 1. The standard InChI is InChI=1S/C12H17N3O/c1-16-12-4-11(5-13-6-12)15-7-9-2-3-10(8-15)14-9/h4-6,9-10,14H,2-3,7-8H2,1H3. The number of rotatable bonds is 2. The van der Waals surface area contributed by atoms with Crippen molar-refractivity contribution in [2.45, 2.75) is 24.9 Å². The fourth-order valence-electron chi connectivity index (χ4n) is 2.70. The Labute approximate surface area is 95.6 Å². The van der Waals surface area contributed by atoms with Gasteiger partial charge in [0.15, 0.2) is 0 Å². The highest BCUT2D eigenvalue weighted by atomic mass is 16.5. The highest BCUT2D eigenvalue weighted by Crippen LogP contribution is 2.26. The van der Waals surface area contributed by atoms with Crippen LogP contribution in [-0.2, 0) is 0 Å². The minimum Gasteiger partial charge on any atom is -0.495 e. The second-order valence-corrected chi connectivity index (χ2v) is 4.63. The Kier molecular flexibility index (Phi) is 2.44. The summed E-state index contributed by atoms with van der Waals surface area (Å²) in [7, 11) is 1.68. The average Bonchev–Trinajstić information content (AvgIpc) is 2.68. The second kappa shape index (κ2) is 3.94. The summed E-state index contributed by atoms with van der Waals surface area (Å²) in [5, 5.41) is 3.63. The normalized spacial score (nSPS) is 28.2. The zero-order chi connectivity index (χ0) is 11.0. The minimum atomic E-state index is 0.657. The van der Waals surface area contributed by atoms with E-state index in [1.54, 1.807) is 13.3 Å². The molecule has 2 unspecified atom stereocenters. The van der Waals surface area contributed by atoms with Crippen molar-refractivity contribution in [1.82, 2.24) is 10.3 Å². The summed E-state index contributed by atoms with van der Waals surface area (Å²) in [6, 6.07) is 3.38. The Morgan fingerprint density at radius 2 is 2.06 bits per heavy atom. The molecule has 0 amide bonds. The highest BCUT2D eigenvalue weighted by Gasteiger charge is 2.32. The van der Waals surface area contributed by atoms with Crippen LogP contribution < -0.4 is 15.0 Å². The lowest BCUT2D eigenvalue weighted by Crippen LogP contribution is -2.51. The molecule has 4 heteroatoms. The Balaban J connectivity index is 1.81. The van der Waals surface area contributed by atoms with E-state index in [2.05, 4.69) is 21.3 Å². The van der Waals surface area contributed by atoms with E-state index in [0.29, 0.717) is 12.1 Å². The van der Waals surface area contributed by atoms with Crippen molar-refractivity contribution in [2.24, 2.45) is 0 Å². The van der Waals surface area contributed by atoms with Crippen LogP contribution in [0.2, 0.25) is 0 Å². The Morgan fingerprint density at radius 1 is 1.31 bits per heavy atom. The largest absolute Gasteiger partial charge is 0.495 e. The van der Waals surface area contributed by atoms with Crippen LogP contribution in [0.25, 0.3) is 0 Å². The molecule has 86 valence electrons. The molecule has 0 radical (unpaired) electrons. The number of pyridine rings is 1. The van der Waals surface area contributed by atoms with Gasteiger partial charge >= 0.3 is 0 Å². The lowest BCUT2D eigenvalue weighted by Gasteiger charge is -2.34. The lowest BCUT2D eigenvalue weighted by atomic mass is 10.2. The maximum atomic E-state index is 5.21. The van der Waals surface area contributed by atoms with E-state index in [4.69, 9.17) is 4.74 Å². The summed E-state index contributed by atoms with van der Waals surface area (Å²) in [5.74, 6) is 0.836. The van der Waals surface area contributed by atoms with Crippen LogP contribution in [0.15, 0.2) is 18.5 Å². The highest BCUT2D eigenvalue weighted by molar-refractivity contribution is 5.49. The van der Waals surface area contributed by atoms with Crippen molar-refractivity contribution in [2.75, 3.05) is 25.1 Å². The smallest absolute Gasteiger partial charge is 0.139 e. The van der Waals surface area contributed by atoms with E-state index in [1.807, 2.05) is 6.20 Å². The number of hydrogen-bond acceptors (Lipinski definition) is 4. The van der Waals surface area contributed by atoms with Gasteiger partial charge in [0.1, 0.15) is 5.75 Å². The van der Waals surface area contributed by atoms with E-state index in [1.165, 1.54) is 18.5 Å². The molecule has 2 aliphatic heterocycles. The third kappa shape index (κ3) is 1.73. The Hall–Kier alpha value is -1.29. The molecule has 0 aliphatic carbocycles. The van der Waals surface area contributed by atoms with E-state index in [0.717, 1.165) is 18.8 Å². The van der Waals surface area contributed by atoms with Crippen molar-refractivity contribution in [3.63, 3.8) is 0 Å². The molecular formula is C12H17N3O. The molecule has 1 N–H and O–H groups in total. The van der Waals surface area contributed by atoms with Gasteiger partial charge in [0.05, 0.1) is 25.2 Å². The van der Waals surface area contributed by atoms with Crippen LogP contribution in [0.1, 0.15) is 12.8 Å². The molecule has 2 atom stereocenters. The van der Waals surface area contributed by atoms with Gasteiger partial charge in [-0.3, -0.25) is 4.98 Å². The summed E-state index contributed by atoms with van der Waals surface area (Å²) in [6.07, 6.45) is 6.28. The van der Waals surface area contributed by atoms with Crippen LogP contribution in [0.3, 0.4) is 0 Å². The number of methoxy groups -OCH3 is 1. The van der Waals surface area contributed by atoms with E-state index < -0.39 is 0 Å².